The van der Waals surface area contributed by atoms with Gasteiger partial charge in [0.05, 0.1) is 44.2 Å². The summed E-state index contributed by atoms with van der Waals surface area (Å²) in [7, 11) is 1.16. The fourth-order valence-electron chi connectivity index (χ4n) is 5.90. The van der Waals surface area contributed by atoms with Crippen LogP contribution in [0.4, 0.5) is 4.79 Å². The van der Waals surface area contributed by atoms with E-state index in [1.165, 1.54) is 6.07 Å². The number of benzene rings is 2. The van der Waals surface area contributed by atoms with Gasteiger partial charge in [-0.25, -0.2) is 9.78 Å². The van der Waals surface area contributed by atoms with Crippen molar-refractivity contribution < 1.29 is 28.5 Å². The number of para-hydroxylation sites is 1. The van der Waals surface area contributed by atoms with Crippen LogP contribution in [0.5, 0.6) is 5.75 Å². The smallest absolute Gasteiger partial charge is 0.451 e. The molecular formula is C29H25N5O7. The first-order chi connectivity index (χ1) is 20.1. The van der Waals surface area contributed by atoms with Crippen molar-refractivity contribution in [3.05, 3.63) is 100 Å². The second kappa shape index (κ2) is 9.82. The molecule has 41 heavy (non-hydrogen) atoms. The van der Waals surface area contributed by atoms with E-state index in [4.69, 9.17) is 14.2 Å². The molecule has 2 aromatic heterocycles. The molecule has 1 fully saturated rings. The predicted octanol–water partition coefficient (Wildman–Crippen LogP) is 2.67. The van der Waals surface area contributed by atoms with Gasteiger partial charge in [-0.1, -0.05) is 42.5 Å². The van der Waals surface area contributed by atoms with E-state index in [0.29, 0.717) is 13.2 Å². The quantitative estimate of drug-likeness (QED) is 0.277. The van der Waals surface area contributed by atoms with Crippen molar-refractivity contribution in [1.82, 2.24) is 19.1 Å². The molecule has 0 saturated carbocycles. The second-order valence-electron chi connectivity index (χ2n) is 9.69. The van der Waals surface area contributed by atoms with E-state index < -0.39 is 30.6 Å². The molecule has 0 radical (unpaired) electrons. The Bertz CT molecular complexity index is 1670. The van der Waals surface area contributed by atoms with Gasteiger partial charge in [-0.05, 0) is 11.6 Å². The minimum Gasteiger partial charge on any atom is -0.451 e. The Labute approximate surface area is 233 Å². The van der Waals surface area contributed by atoms with Crippen LogP contribution in [0.15, 0.2) is 78.1 Å². The Morgan fingerprint density at radius 3 is 2.73 bits per heavy atom. The number of pyridine rings is 1. The third kappa shape index (κ3) is 3.86. The first-order valence-electron chi connectivity index (χ1n) is 13.1. The SMILES string of the molecule is COC(=O)OCOc1c2n(ccc1=O)N(C1c3ccccc3-c3cncn3-c3ccccc31)C1COCCN1C2=O. The van der Waals surface area contributed by atoms with Crippen LogP contribution in [0.25, 0.3) is 16.9 Å². The number of rotatable bonds is 4. The first-order valence-corrected chi connectivity index (χ1v) is 13.1. The van der Waals surface area contributed by atoms with E-state index in [-0.39, 0.29) is 24.0 Å². The van der Waals surface area contributed by atoms with E-state index in [1.807, 2.05) is 36.5 Å². The number of aromatic nitrogens is 3. The van der Waals surface area contributed by atoms with Gasteiger partial charge in [0.15, 0.2) is 5.69 Å². The zero-order chi connectivity index (χ0) is 28.1. The average Bonchev–Trinajstić information content (AvgIpc) is 3.46. The highest BCUT2D eigenvalue weighted by Gasteiger charge is 2.46. The summed E-state index contributed by atoms with van der Waals surface area (Å²) in [6.45, 7) is 0.328. The minimum absolute atomic E-state index is 0.0320. The van der Waals surface area contributed by atoms with Gasteiger partial charge in [0.25, 0.3) is 5.91 Å². The molecule has 12 nitrogen and oxygen atoms in total. The minimum atomic E-state index is -0.971. The zero-order valence-corrected chi connectivity index (χ0v) is 22.0. The fourth-order valence-corrected chi connectivity index (χ4v) is 5.90. The van der Waals surface area contributed by atoms with Gasteiger partial charge in [-0.15, -0.1) is 0 Å². The van der Waals surface area contributed by atoms with Crippen molar-refractivity contribution in [2.24, 2.45) is 0 Å². The van der Waals surface area contributed by atoms with Crippen molar-refractivity contribution in [1.29, 1.82) is 0 Å². The molecule has 12 heteroatoms. The third-order valence-electron chi connectivity index (χ3n) is 7.63. The largest absolute Gasteiger partial charge is 0.510 e. The number of morpholine rings is 1. The average molecular weight is 556 g/mol. The van der Waals surface area contributed by atoms with Crippen molar-refractivity contribution in [3.63, 3.8) is 0 Å². The van der Waals surface area contributed by atoms with E-state index in [2.05, 4.69) is 37.5 Å². The van der Waals surface area contributed by atoms with Gasteiger partial charge in [0, 0.05) is 29.9 Å². The van der Waals surface area contributed by atoms with Gasteiger partial charge in [0.1, 0.15) is 12.2 Å². The van der Waals surface area contributed by atoms with Crippen LogP contribution in [-0.4, -0.2) is 71.0 Å². The van der Waals surface area contributed by atoms with Gasteiger partial charge in [0.2, 0.25) is 18.0 Å². The molecule has 0 N–H and O–H groups in total. The molecule has 0 aliphatic carbocycles. The molecule has 1 amide bonds. The number of carbonyl (C=O) groups is 2. The molecule has 7 rings (SSSR count). The number of ether oxygens (including phenoxy) is 4. The third-order valence-corrected chi connectivity index (χ3v) is 7.63. The molecule has 1 saturated heterocycles. The number of nitrogens with zero attached hydrogens (tertiary/aromatic N) is 5. The number of amides is 1. The normalized spacial score (nSPS) is 18.7. The summed E-state index contributed by atoms with van der Waals surface area (Å²) in [5, 5.41) is 2.06. The summed E-state index contributed by atoms with van der Waals surface area (Å²) in [5.74, 6) is -0.604. The summed E-state index contributed by atoms with van der Waals surface area (Å²) in [5.41, 5.74) is 4.32. The monoisotopic (exact) mass is 555 g/mol. The maximum absolute atomic E-state index is 14.0. The van der Waals surface area contributed by atoms with Crippen molar-refractivity contribution in [2.75, 3.05) is 38.7 Å². The summed E-state index contributed by atoms with van der Waals surface area (Å²) >= 11 is 0. The lowest BCUT2D eigenvalue weighted by Crippen LogP contribution is -2.66. The topological polar surface area (TPSA) is 117 Å². The van der Waals surface area contributed by atoms with Crippen molar-refractivity contribution in [2.45, 2.75) is 12.2 Å². The van der Waals surface area contributed by atoms with Crippen molar-refractivity contribution >= 4 is 12.1 Å². The van der Waals surface area contributed by atoms with Gasteiger partial charge in [-0.3, -0.25) is 23.8 Å². The standard InChI is InChI=1S/C29H25N5O7/c1-38-29(37)41-17-40-27-23(35)10-11-33-26(27)28(36)31-12-13-39-15-24(31)34(33)25-19-7-3-2-6-18(19)22-14-30-16-32(22)21-9-5-4-8-20(21)25/h2-11,14,16,24-25H,12-13,15,17H2,1H3. The summed E-state index contributed by atoms with van der Waals surface area (Å²) in [6, 6.07) is 17.0. The highest BCUT2D eigenvalue weighted by Crippen LogP contribution is 2.44. The van der Waals surface area contributed by atoms with Gasteiger partial charge in [-0.2, -0.15) is 0 Å². The van der Waals surface area contributed by atoms with Crippen molar-refractivity contribution in [3.8, 4) is 22.7 Å². The van der Waals surface area contributed by atoms with Crippen LogP contribution in [0.3, 0.4) is 0 Å². The molecule has 0 bridgehead atoms. The Morgan fingerprint density at radius 2 is 1.88 bits per heavy atom. The predicted molar refractivity (Wildman–Crippen MR) is 144 cm³/mol. The zero-order valence-electron chi connectivity index (χ0n) is 22.0. The number of carbonyl (C=O) groups excluding carboxylic acids is 2. The Hall–Kier alpha value is -5.10. The molecule has 5 heterocycles. The molecule has 2 aromatic carbocycles. The Morgan fingerprint density at radius 1 is 1.07 bits per heavy atom. The van der Waals surface area contributed by atoms with Gasteiger partial charge < -0.3 is 23.8 Å². The van der Waals surface area contributed by atoms with Crippen LogP contribution >= 0.6 is 0 Å². The van der Waals surface area contributed by atoms with Crippen LogP contribution in [0, 0.1) is 0 Å². The van der Waals surface area contributed by atoms with E-state index in [0.717, 1.165) is 35.2 Å². The Balaban J connectivity index is 1.46. The number of fused-ring (bicyclic) bond motifs is 7. The molecule has 0 spiro atoms. The van der Waals surface area contributed by atoms with Gasteiger partial charge >= 0.3 is 6.16 Å². The lowest BCUT2D eigenvalue weighted by atomic mass is 9.92. The number of methoxy groups -OCH3 is 1. The number of hydrogen-bond acceptors (Lipinski definition) is 9. The number of hydrogen-bond donors (Lipinski definition) is 0. The first kappa shape index (κ1) is 24.9. The molecular weight excluding hydrogens is 530 g/mol. The lowest BCUT2D eigenvalue weighted by Gasteiger charge is -2.51. The molecule has 2 unspecified atom stereocenters. The van der Waals surface area contributed by atoms with Crippen LogP contribution < -0.4 is 15.2 Å². The lowest BCUT2D eigenvalue weighted by molar-refractivity contribution is -0.0208. The molecule has 4 aromatic rings. The summed E-state index contributed by atoms with van der Waals surface area (Å²) in [6.07, 6.45) is 3.74. The maximum Gasteiger partial charge on any atom is 0.510 e. The van der Waals surface area contributed by atoms with Crippen LogP contribution in [-0.2, 0) is 14.2 Å². The molecule has 3 aliphatic rings. The highest BCUT2D eigenvalue weighted by atomic mass is 16.8. The van der Waals surface area contributed by atoms with E-state index >= 15 is 0 Å². The summed E-state index contributed by atoms with van der Waals surface area (Å²) in [4.78, 5) is 44.7. The summed E-state index contributed by atoms with van der Waals surface area (Å²) < 4.78 is 24.6. The number of imidazole rings is 1. The van der Waals surface area contributed by atoms with E-state index in [1.54, 1.807) is 22.1 Å². The molecule has 208 valence electrons. The fraction of sp³-hybridized carbons (Fsp3) is 0.241. The van der Waals surface area contributed by atoms with Crippen LogP contribution in [0.1, 0.15) is 27.7 Å². The molecule has 2 atom stereocenters. The highest BCUT2D eigenvalue weighted by molar-refractivity contribution is 5.97. The Kier molecular flexibility index (Phi) is 5.97. The van der Waals surface area contributed by atoms with E-state index in [9.17, 15) is 14.4 Å². The molecule has 3 aliphatic heterocycles. The maximum atomic E-state index is 14.0. The van der Waals surface area contributed by atoms with Crippen LogP contribution in [0.2, 0.25) is 0 Å². The second-order valence-corrected chi connectivity index (χ2v) is 9.69.